The Morgan fingerprint density at radius 1 is 1.53 bits per heavy atom. The third-order valence-corrected chi connectivity index (χ3v) is 2.08. The van der Waals surface area contributed by atoms with Crippen LogP contribution in [-0.2, 0) is 15.0 Å². The summed E-state index contributed by atoms with van der Waals surface area (Å²) in [6.45, 7) is 0. The van der Waals surface area contributed by atoms with Gasteiger partial charge in [-0.05, 0) is 0 Å². The van der Waals surface area contributed by atoms with E-state index >= 15 is 0 Å². The highest BCUT2D eigenvalue weighted by Gasteiger charge is 2.31. The lowest BCUT2D eigenvalue weighted by molar-refractivity contribution is -0.113. The summed E-state index contributed by atoms with van der Waals surface area (Å²) >= 11 is 0. The first-order valence-corrected chi connectivity index (χ1v) is 5.29. The zero-order valence-electron chi connectivity index (χ0n) is 7.21. The molecule has 0 bridgehead atoms. The summed E-state index contributed by atoms with van der Waals surface area (Å²) in [6.07, 6.45) is 0.395. The molecule has 0 spiro atoms. The van der Waals surface area contributed by atoms with Crippen LogP contribution >= 0.6 is 0 Å². The van der Waals surface area contributed by atoms with Gasteiger partial charge in [0.2, 0.25) is 5.96 Å². The molecule has 0 saturated heterocycles. The van der Waals surface area contributed by atoms with Gasteiger partial charge in [0.25, 0.3) is 16.1 Å². The maximum absolute atomic E-state index is 11.3. The standard InChI is InChI=1S/C5H6N6O3S/c6-15(13,14)11-5-9-3-2(4(12)10-5)7-1-8-3/h1,3H,(H2,6,13,14)(H2,9,10,11,12). The highest BCUT2D eigenvalue weighted by atomic mass is 32.2. The fourth-order valence-electron chi connectivity index (χ4n) is 1.08. The lowest BCUT2D eigenvalue weighted by Crippen LogP contribution is -2.53. The summed E-state index contributed by atoms with van der Waals surface area (Å²) in [5.41, 5.74) is 0.120. The molecule has 0 aromatic carbocycles. The zero-order valence-corrected chi connectivity index (χ0v) is 8.02. The number of carbonyl (C=O) groups is 1. The topological polar surface area (TPSA) is 138 Å². The number of guanidine groups is 1. The first kappa shape index (κ1) is 9.73. The predicted molar refractivity (Wildman–Crippen MR) is 51.5 cm³/mol. The smallest absolute Gasteiger partial charge is 0.290 e. The molecule has 0 aromatic heterocycles. The van der Waals surface area contributed by atoms with Crippen LogP contribution in [0.3, 0.4) is 0 Å². The van der Waals surface area contributed by atoms with Crippen LogP contribution in [0.15, 0.2) is 15.0 Å². The number of nitrogens with one attached hydrogen (secondary N) is 2. The number of rotatable bonds is 1. The van der Waals surface area contributed by atoms with Crippen molar-refractivity contribution >= 4 is 34.1 Å². The first-order valence-electron chi connectivity index (χ1n) is 3.75. The summed E-state index contributed by atoms with van der Waals surface area (Å²) in [4.78, 5) is 22.5. The number of aliphatic imine (C=N–C) groups is 3. The van der Waals surface area contributed by atoms with Crippen LogP contribution in [0.4, 0.5) is 0 Å². The van der Waals surface area contributed by atoms with Crippen LogP contribution in [0.2, 0.25) is 0 Å². The summed E-state index contributed by atoms with van der Waals surface area (Å²) in [5, 5.41) is 6.88. The molecule has 0 aromatic rings. The van der Waals surface area contributed by atoms with Gasteiger partial charge in [-0.15, -0.1) is 0 Å². The van der Waals surface area contributed by atoms with E-state index in [2.05, 4.69) is 20.3 Å². The van der Waals surface area contributed by atoms with Gasteiger partial charge in [-0.1, -0.05) is 0 Å². The number of amides is 1. The molecule has 10 heteroatoms. The van der Waals surface area contributed by atoms with Gasteiger partial charge in [0.15, 0.2) is 11.9 Å². The van der Waals surface area contributed by atoms with E-state index in [1.165, 1.54) is 6.34 Å². The van der Waals surface area contributed by atoms with E-state index in [0.717, 1.165) is 0 Å². The third-order valence-electron chi connectivity index (χ3n) is 1.60. The number of hydrogen-bond acceptors (Lipinski definition) is 6. The average Bonchev–Trinajstić information content (AvgIpc) is 2.48. The normalized spacial score (nSPS) is 24.1. The molecule has 2 heterocycles. The molecule has 2 rings (SSSR count). The predicted octanol–water partition coefficient (Wildman–Crippen LogP) is -2.93. The van der Waals surface area contributed by atoms with Crippen LogP contribution in [0.25, 0.3) is 0 Å². The molecule has 0 radical (unpaired) electrons. The molecule has 1 unspecified atom stereocenters. The van der Waals surface area contributed by atoms with E-state index in [4.69, 9.17) is 5.14 Å². The second-order valence-corrected chi connectivity index (χ2v) is 4.03. The molecular weight excluding hydrogens is 224 g/mol. The molecule has 0 saturated carbocycles. The van der Waals surface area contributed by atoms with E-state index < -0.39 is 22.3 Å². The Balaban J connectivity index is 2.26. The Morgan fingerprint density at radius 3 is 2.93 bits per heavy atom. The number of nitrogens with zero attached hydrogens (tertiary/aromatic N) is 3. The second-order valence-electron chi connectivity index (χ2n) is 2.73. The second kappa shape index (κ2) is 3.10. The number of fused-ring (bicyclic) bond motifs is 1. The third kappa shape index (κ3) is 1.99. The van der Waals surface area contributed by atoms with Gasteiger partial charge in [0.1, 0.15) is 6.34 Å². The van der Waals surface area contributed by atoms with E-state index in [1.54, 1.807) is 0 Å². The van der Waals surface area contributed by atoms with Crippen molar-refractivity contribution in [3.05, 3.63) is 0 Å². The van der Waals surface area contributed by atoms with Crippen molar-refractivity contribution in [2.75, 3.05) is 0 Å². The quantitative estimate of drug-likeness (QED) is 0.444. The van der Waals surface area contributed by atoms with Gasteiger partial charge in [-0.25, -0.2) is 24.8 Å². The van der Waals surface area contributed by atoms with E-state index in [-0.39, 0.29) is 11.7 Å². The highest BCUT2D eigenvalue weighted by Crippen LogP contribution is 2.07. The lowest BCUT2D eigenvalue weighted by atomic mass is 10.2. The van der Waals surface area contributed by atoms with Crippen LogP contribution in [0.5, 0.6) is 0 Å². The molecule has 0 fully saturated rings. The van der Waals surface area contributed by atoms with Crippen molar-refractivity contribution < 1.29 is 13.2 Å². The molecule has 0 aliphatic carbocycles. The van der Waals surface area contributed by atoms with Gasteiger partial charge < -0.3 is 0 Å². The van der Waals surface area contributed by atoms with Gasteiger partial charge in [-0.3, -0.25) is 10.1 Å². The van der Waals surface area contributed by atoms with Crippen LogP contribution in [0, 0.1) is 0 Å². The van der Waals surface area contributed by atoms with Crippen molar-refractivity contribution in [1.82, 2.24) is 10.0 Å². The van der Waals surface area contributed by atoms with Crippen molar-refractivity contribution in [1.29, 1.82) is 0 Å². The zero-order chi connectivity index (χ0) is 11.1. The summed E-state index contributed by atoms with van der Waals surface area (Å²) < 4.78 is 23.2. The molecular formula is C5H6N6O3S. The minimum absolute atomic E-state index is 0.120. The Bertz CT molecular complexity index is 503. The Kier molecular flexibility index (Phi) is 2.01. The maximum atomic E-state index is 11.3. The molecule has 1 atom stereocenters. The van der Waals surface area contributed by atoms with Crippen molar-refractivity contribution in [2.24, 2.45) is 20.1 Å². The number of carbonyl (C=O) groups excluding carboxylic acids is 1. The van der Waals surface area contributed by atoms with E-state index in [0.29, 0.717) is 0 Å². The largest absolute Gasteiger partial charge is 0.298 e. The molecule has 2 aliphatic rings. The molecule has 4 N–H and O–H groups in total. The minimum Gasteiger partial charge on any atom is -0.290 e. The summed E-state index contributed by atoms with van der Waals surface area (Å²) in [5.74, 6) is -0.816. The van der Waals surface area contributed by atoms with E-state index in [1.807, 2.05) is 4.72 Å². The van der Waals surface area contributed by atoms with Crippen LogP contribution in [0.1, 0.15) is 0 Å². The maximum Gasteiger partial charge on any atom is 0.298 e. The van der Waals surface area contributed by atoms with E-state index in [9.17, 15) is 13.2 Å². The SMILES string of the molecule is NS(=O)(=O)NC1=NC2N=CN=C2C(=O)N1. The Hall–Kier alpha value is -1.81. The number of hydrogen-bond donors (Lipinski definition) is 3. The fraction of sp³-hybridized carbons (Fsp3) is 0.200. The average molecular weight is 230 g/mol. The molecule has 1 amide bonds. The first-order chi connectivity index (χ1) is 6.96. The van der Waals surface area contributed by atoms with Crippen molar-refractivity contribution in [3.63, 3.8) is 0 Å². The summed E-state index contributed by atoms with van der Waals surface area (Å²) in [6, 6.07) is 0. The van der Waals surface area contributed by atoms with Gasteiger partial charge in [0, 0.05) is 0 Å². The van der Waals surface area contributed by atoms with Crippen molar-refractivity contribution in [3.8, 4) is 0 Å². The van der Waals surface area contributed by atoms with Crippen LogP contribution in [-0.4, -0.2) is 38.5 Å². The monoisotopic (exact) mass is 230 g/mol. The van der Waals surface area contributed by atoms with Gasteiger partial charge in [0.05, 0.1) is 0 Å². The number of nitrogens with two attached hydrogens (primary N) is 1. The summed E-state index contributed by atoms with van der Waals surface area (Å²) in [7, 11) is -3.96. The molecule has 9 nitrogen and oxygen atoms in total. The van der Waals surface area contributed by atoms with Gasteiger partial charge >= 0.3 is 0 Å². The molecule has 2 aliphatic heterocycles. The van der Waals surface area contributed by atoms with Crippen molar-refractivity contribution in [2.45, 2.75) is 6.17 Å². The highest BCUT2D eigenvalue weighted by molar-refractivity contribution is 7.87. The van der Waals surface area contributed by atoms with Gasteiger partial charge in [-0.2, -0.15) is 8.42 Å². The Labute approximate surface area is 84.4 Å². The lowest BCUT2D eigenvalue weighted by Gasteiger charge is -2.16. The van der Waals surface area contributed by atoms with Crippen LogP contribution < -0.4 is 15.2 Å². The minimum atomic E-state index is -3.96. The molecule has 80 valence electrons. The fourth-order valence-corrected chi connectivity index (χ4v) is 1.45. The molecule has 15 heavy (non-hydrogen) atoms. The Morgan fingerprint density at radius 2 is 2.27 bits per heavy atom.